The van der Waals surface area contributed by atoms with Crippen molar-refractivity contribution in [3.63, 3.8) is 0 Å². The molecule has 0 aliphatic rings. The highest BCUT2D eigenvalue weighted by Crippen LogP contribution is 2.11. The molecular formula is C26H25N3O4. The number of amides is 1. The van der Waals surface area contributed by atoms with Crippen molar-refractivity contribution in [1.29, 1.82) is 0 Å². The lowest BCUT2D eigenvalue weighted by Crippen LogP contribution is -2.42. The summed E-state index contributed by atoms with van der Waals surface area (Å²) in [6, 6.07) is 23.9. The van der Waals surface area contributed by atoms with Gasteiger partial charge in [0.15, 0.2) is 0 Å². The molecule has 3 aromatic carbocycles. The molecule has 0 atom stereocenters. The minimum absolute atomic E-state index is 0.179. The number of carbonyl (C=O) groups excluding carboxylic acids is 1. The van der Waals surface area contributed by atoms with Gasteiger partial charge in [-0.25, -0.2) is 4.79 Å². The van der Waals surface area contributed by atoms with Crippen LogP contribution in [0.4, 0.5) is 0 Å². The summed E-state index contributed by atoms with van der Waals surface area (Å²) in [6.45, 7) is 0.379. The number of ether oxygens (including phenoxy) is 1. The van der Waals surface area contributed by atoms with Crippen LogP contribution in [0.5, 0.6) is 5.75 Å². The Morgan fingerprint density at radius 1 is 0.848 bits per heavy atom. The molecule has 0 radical (unpaired) electrons. The number of benzene rings is 3. The molecule has 0 aliphatic carbocycles. The van der Waals surface area contributed by atoms with Crippen LogP contribution in [0.1, 0.15) is 11.1 Å². The monoisotopic (exact) mass is 443 g/mol. The van der Waals surface area contributed by atoms with Gasteiger partial charge < -0.3 is 10.1 Å². The molecule has 0 saturated carbocycles. The van der Waals surface area contributed by atoms with E-state index in [0.717, 1.165) is 16.9 Å². The third-order valence-corrected chi connectivity index (χ3v) is 5.55. The van der Waals surface area contributed by atoms with Gasteiger partial charge in [0.05, 0.1) is 18.0 Å². The molecule has 7 nitrogen and oxygen atoms in total. The summed E-state index contributed by atoms with van der Waals surface area (Å²) in [5.74, 6) is 0.423. The first-order valence-corrected chi connectivity index (χ1v) is 10.7. The molecule has 4 aromatic rings. The number of aromatic nitrogens is 2. The summed E-state index contributed by atoms with van der Waals surface area (Å²) in [5.41, 5.74) is 1.55. The number of hydrogen-bond acceptors (Lipinski definition) is 4. The van der Waals surface area contributed by atoms with E-state index in [4.69, 9.17) is 4.74 Å². The Balaban J connectivity index is 1.58. The van der Waals surface area contributed by atoms with Gasteiger partial charge in [-0.05, 0) is 41.8 Å². The summed E-state index contributed by atoms with van der Waals surface area (Å²) in [6.07, 6.45) is 0.540. The molecule has 7 heteroatoms. The lowest BCUT2D eigenvalue weighted by molar-refractivity contribution is -0.121. The molecule has 0 unspecified atom stereocenters. The van der Waals surface area contributed by atoms with Crippen molar-refractivity contribution in [2.45, 2.75) is 26.1 Å². The van der Waals surface area contributed by atoms with Gasteiger partial charge in [-0.1, -0.05) is 54.6 Å². The summed E-state index contributed by atoms with van der Waals surface area (Å²) in [5, 5.41) is 3.25. The zero-order valence-electron chi connectivity index (χ0n) is 18.4. The molecule has 0 aliphatic heterocycles. The first-order valence-electron chi connectivity index (χ1n) is 10.7. The van der Waals surface area contributed by atoms with Gasteiger partial charge in [0.2, 0.25) is 5.91 Å². The van der Waals surface area contributed by atoms with Gasteiger partial charge in [-0.2, -0.15) is 0 Å². The number of methoxy groups -OCH3 is 1. The standard InChI is InChI=1S/C26H25N3O4/c1-33-21-13-11-20(12-14-21)17-27-24(30)18-29-23-10-6-5-9-22(23)25(31)28(26(29)32)16-15-19-7-3-2-4-8-19/h2-14H,15-18H2,1H3,(H,27,30). The minimum atomic E-state index is -0.491. The quantitative estimate of drug-likeness (QED) is 0.454. The third kappa shape index (κ3) is 5.03. The highest BCUT2D eigenvalue weighted by atomic mass is 16.5. The summed E-state index contributed by atoms with van der Waals surface area (Å²) in [7, 11) is 1.60. The van der Waals surface area contributed by atoms with Crippen LogP contribution in [-0.4, -0.2) is 22.2 Å². The molecule has 1 N–H and O–H groups in total. The smallest absolute Gasteiger partial charge is 0.331 e. The largest absolute Gasteiger partial charge is 0.497 e. The van der Waals surface area contributed by atoms with Crippen molar-refractivity contribution in [2.24, 2.45) is 0 Å². The van der Waals surface area contributed by atoms with Gasteiger partial charge in [0.25, 0.3) is 5.56 Å². The molecule has 0 saturated heterocycles. The van der Waals surface area contributed by atoms with Crippen molar-refractivity contribution in [3.8, 4) is 5.75 Å². The number of rotatable bonds is 8. The highest BCUT2D eigenvalue weighted by Gasteiger charge is 2.15. The second-order valence-electron chi connectivity index (χ2n) is 7.70. The zero-order valence-corrected chi connectivity index (χ0v) is 18.4. The Morgan fingerprint density at radius 3 is 2.27 bits per heavy atom. The average Bonchev–Trinajstić information content (AvgIpc) is 2.86. The second-order valence-corrected chi connectivity index (χ2v) is 7.70. The van der Waals surface area contributed by atoms with E-state index in [1.54, 1.807) is 31.4 Å². The predicted octanol–water partition coefficient (Wildman–Crippen LogP) is 2.73. The maximum Gasteiger partial charge on any atom is 0.331 e. The van der Waals surface area contributed by atoms with E-state index >= 15 is 0 Å². The number of para-hydroxylation sites is 1. The normalized spacial score (nSPS) is 10.8. The van der Waals surface area contributed by atoms with Crippen molar-refractivity contribution < 1.29 is 9.53 Å². The fourth-order valence-electron chi connectivity index (χ4n) is 3.75. The molecule has 1 heterocycles. The maximum atomic E-state index is 13.2. The van der Waals surface area contributed by atoms with Crippen LogP contribution in [0.3, 0.4) is 0 Å². The van der Waals surface area contributed by atoms with Gasteiger partial charge in [0.1, 0.15) is 12.3 Å². The topological polar surface area (TPSA) is 82.3 Å². The molecule has 0 bridgehead atoms. The van der Waals surface area contributed by atoms with Gasteiger partial charge in [-0.3, -0.25) is 18.7 Å². The van der Waals surface area contributed by atoms with E-state index < -0.39 is 5.69 Å². The molecule has 0 fully saturated rings. The lowest BCUT2D eigenvalue weighted by atomic mass is 10.1. The summed E-state index contributed by atoms with van der Waals surface area (Å²) < 4.78 is 7.72. The summed E-state index contributed by atoms with van der Waals surface area (Å²) in [4.78, 5) is 38.9. The summed E-state index contributed by atoms with van der Waals surface area (Å²) >= 11 is 0. The van der Waals surface area contributed by atoms with E-state index in [-0.39, 0.29) is 24.6 Å². The number of aryl methyl sites for hydroxylation is 1. The molecule has 1 amide bonds. The molecule has 33 heavy (non-hydrogen) atoms. The van der Waals surface area contributed by atoms with Gasteiger partial charge >= 0.3 is 5.69 Å². The van der Waals surface area contributed by atoms with Crippen LogP contribution >= 0.6 is 0 Å². The van der Waals surface area contributed by atoms with Crippen molar-refractivity contribution in [2.75, 3.05) is 7.11 Å². The van der Waals surface area contributed by atoms with Crippen LogP contribution in [-0.2, 0) is 30.8 Å². The second kappa shape index (κ2) is 9.99. The van der Waals surface area contributed by atoms with E-state index in [1.165, 1.54) is 9.13 Å². The minimum Gasteiger partial charge on any atom is -0.497 e. The number of fused-ring (bicyclic) bond motifs is 1. The van der Waals surface area contributed by atoms with Crippen LogP contribution in [0.2, 0.25) is 0 Å². The Labute approximate surface area is 190 Å². The number of nitrogens with zero attached hydrogens (tertiary/aromatic N) is 2. The Hall–Kier alpha value is -4.13. The highest BCUT2D eigenvalue weighted by molar-refractivity contribution is 5.81. The Bertz CT molecular complexity index is 1370. The van der Waals surface area contributed by atoms with Crippen molar-refractivity contribution in [3.05, 3.63) is 111 Å². The number of carbonyl (C=O) groups is 1. The van der Waals surface area contributed by atoms with Crippen LogP contribution < -0.4 is 21.3 Å². The Morgan fingerprint density at radius 2 is 1.55 bits per heavy atom. The maximum absolute atomic E-state index is 13.2. The van der Waals surface area contributed by atoms with E-state index in [9.17, 15) is 14.4 Å². The first kappa shape index (κ1) is 22.1. The Kier molecular flexibility index (Phi) is 6.69. The fourth-order valence-corrected chi connectivity index (χ4v) is 3.75. The zero-order chi connectivity index (χ0) is 23.2. The van der Waals surface area contributed by atoms with Gasteiger partial charge in [0, 0.05) is 13.1 Å². The number of nitrogens with one attached hydrogen (secondary N) is 1. The average molecular weight is 444 g/mol. The van der Waals surface area contributed by atoms with E-state index in [2.05, 4.69) is 5.32 Å². The molecule has 0 spiro atoms. The lowest BCUT2D eigenvalue weighted by Gasteiger charge is -2.14. The van der Waals surface area contributed by atoms with Crippen LogP contribution in [0, 0.1) is 0 Å². The molecule has 1 aromatic heterocycles. The van der Waals surface area contributed by atoms with Gasteiger partial charge in [-0.15, -0.1) is 0 Å². The van der Waals surface area contributed by atoms with E-state index in [0.29, 0.717) is 23.9 Å². The van der Waals surface area contributed by atoms with E-state index in [1.807, 2.05) is 54.6 Å². The SMILES string of the molecule is COc1ccc(CNC(=O)Cn2c(=O)n(CCc3ccccc3)c(=O)c3ccccc32)cc1. The fraction of sp³-hybridized carbons (Fsp3) is 0.192. The van der Waals surface area contributed by atoms with Crippen molar-refractivity contribution in [1.82, 2.24) is 14.5 Å². The van der Waals surface area contributed by atoms with Crippen molar-refractivity contribution >= 4 is 16.8 Å². The van der Waals surface area contributed by atoms with Crippen LogP contribution in [0.15, 0.2) is 88.5 Å². The third-order valence-electron chi connectivity index (χ3n) is 5.55. The number of hydrogen-bond donors (Lipinski definition) is 1. The van der Waals surface area contributed by atoms with Crippen LogP contribution in [0.25, 0.3) is 10.9 Å². The molecule has 168 valence electrons. The predicted molar refractivity (Wildman–Crippen MR) is 127 cm³/mol. The molecular weight excluding hydrogens is 418 g/mol. The first-order chi connectivity index (χ1) is 16.1. The molecule has 4 rings (SSSR count).